The van der Waals surface area contributed by atoms with Gasteiger partial charge in [0.2, 0.25) is 0 Å². The molecule has 2 N–H and O–H groups in total. The average Bonchev–Trinajstić information content (AvgIpc) is 2.42. The van der Waals surface area contributed by atoms with Gasteiger partial charge in [-0.1, -0.05) is 0 Å². The summed E-state index contributed by atoms with van der Waals surface area (Å²) in [5.74, 6) is 0. The Hall–Kier alpha value is -2.17. The van der Waals surface area contributed by atoms with Crippen molar-refractivity contribution >= 4 is 11.4 Å². The molecule has 1 heterocycles. The average molecular weight is 261 g/mol. The summed E-state index contributed by atoms with van der Waals surface area (Å²) < 4.78 is 0. The molecule has 7 nitrogen and oxygen atoms in total. The predicted molar refractivity (Wildman–Crippen MR) is 70.3 cm³/mol. The van der Waals surface area contributed by atoms with Crippen LogP contribution in [0.25, 0.3) is 0 Å². The van der Waals surface area contributed by atoms with Crippen molar-refractivity contribution in [3.05, 3.63) is 34.4 Å². The fourth-order valence-electron chi connectivity index (χ4n) is 1.96. The number of nitro groups is 1. The Morgan fingerprint density at radius 2 is 2.21 bits per heavy atom. The first kappa shape index (κ1) is 13.3. The molecule has 0 aromatic heterocycles. The third-order valence-corrected chi connectivity index (χ3v) is 3.16. The van der Waals surface area contributed by atoms with E-state index in [2.05, 4.69) is 16.8 Å². The minimum absolute atomic E-state index is 0.0499. The first-order valence-electron chi connectivity index (χ1n) is 5.96. The van der Waals surface area contributed by atoms with Crippen molar-refractivity contribution in [2.75, 3.05) is 25.1 Å². The maximum Gasteiger partial charge on any atom is 0.269 e. The number of nitriles is 1. The van der Waals surface area contributed by atoms with Crippen LogP contribution in [0.15, 0.2) is 24.3 Å². The van der Waals surface area contributed by atoms with Gasteiger partial charge in [0, 0.05) is 37.5 Å². The first-order valence-corrected chi connectivity index (χ1v) is 5.96. The number of hydrazine groups is 1. The summed E-state index contributed by atoms with van der Waals surface area (Å²) in [6, 6.07) is 8.42. The van der Waals surface area contributed by atoms with Crippen LogP contribution in [-0.4, -0.2) is 35.1 Å². The van der Waals surface area contributed by atoms with Gasteiger partial charge in [-0.25, -0.2) is 5.01 Å². The molecule has 0 spiro atoms. The predicted octanol–water partition coefficient (Wildman–Crippen LogP) is 1.11. The number of benzene rings is 1. The molecular weight excluding hydrogens is 246 g/mol. The van der Waals surface area contributed by atoms with Gasteiger partial charge in [0.1, 0.15) is 5.54 Å². The van der Waals surface area contributed by atoms with Gasteiger partial charge < -0.3 is 10.7 Å². The van der Waals surface area contributed by atoms with Gasteiger partial charge in [-0.3, -0.25) is 10.1 Å². The molecule has 0 unspecified atom stereocenters. The Balaban J connectivity index is 2.11. The van der Waals surface area contributed by atoms with Gasteiger partial charge in [-0.15, -0.1) is 0 Å². The molecule has 1 aliphatic heterocycles. The number of rotatable bonds is 3. The van der Waals surface area contributed by atoms with E-state index >= 15 is 0 Å². The van der Waals surface area contributed by atoms with Crippen LogP contribution in [0, 0.1) is 21.4 Å². The normalized spacial score (nSPS) is 23.6. The van der Waals surface area contributed by atoms with E-state index in [1.165, 1.54) is 12.1 Å². The minimum Gasteiger partial charge on any atom is -0.317 e. The Kier molecular flexibility index (Phi) is 3.64. The highest BCUT2D eigenvalue weighted by Crippen LogP contribution is 2.20. The van der Waals surface area contributed by atoms with E-state index in [9.17, 15) is 15.4 Å². The molecule has 1 aromatic carbocycles. The second kappa shape index (κ2) is 5.22. The summed E-state index contributed by atoms with van der Waals surface area (Å²) in [6.45, 7) is 3.89. The molecule has 19 heavy (non-hydrogen) atoms. The third kappa shape index (κ3) is 2.81. The van der Waals surface area contributed by atoms with E-state index < -0.39 is 10.5 Å². The summed E-state index contributed by atoms with van der Waals surface area (Å²) in [5.41, 5.74) is 3.28. The van der Waals surface area contributed by atoms with E-state index in [1.807, 2.05) is 11.9 Å². The molecule has 1 saturated heterocycles. The molecule has 0 radical (unpaired) electrons. The molecule has 2 rings (SSSR count). The lowest BCUT2D eigenvalue weighted by atomic mass is 10.0. The molecule has 7 heteroatoms. The summed E-state index contributed by atoms with van der Waals surface area (Å²) in [7, 11) is 0. The summed E-state index contributed by atoms with van der Waals surface area (Å²) >= 11 is 0. The number of nitro benzene ring substituents is 1. The van der Waals surface area contributed by atoms with Crippen LogP contribution >= 0.6 is 0 Å². The van der Waals surface area contributed by atoms with E-state index in [0.717, 1.165) is 12.2 Å². The van der Waals surface area contributed by atoms with Crippen molar-refractivity contribution < 1.29 is 4.92 Å². The van der Waals surface area contributed by atoms with Gasteiger partial charge >= 0.3 is 0 Å². The van der Waals surface area contributed by atoms with E-state index in [0.29, 0.717) is 13.1 Å². The monoisotopic (exact) mass is 261 g/mol. The third-order valence-electron chi connectivity index (χ3n) is 3.16. The molecular formula is C12H15N5O2. The van der Waals surface area contributed by atoms with Crippen molar-refractivity contribution in [3.8, 4) is 6.07 Å². The van der Waals surface area contributed by atoms with Crippen LogP contribution in [0.1, 0.15) is 6.92 Å². The summed E-state index contributed by atoms with van der Waals surface area (Å²) in [5, 5.41) is 24.9. The zero-order chi connectivity index (χ0) is 13.9. The van der Waals surface area contributed by atoms with E-state index in [1.54, 1.807) is 12.1 Å². The van der Waals surface area contributed by atoms with E-state index in [-0.39, 0.29) is 5.69 Å². The molecule has 1 aliphatic rings. The molecule has 1 aromatic rings. The number of nitrogens with one attached hydrogen (secondary N) is 2. The topological polar surface area (TPSA) is 94.2 Å². The molecule has 1 atom stereocenters. The largest absolute Gasteiger partial charge is 0.317 e. The summed E-state index contributed by atoms with van der Waals surface area (Å²) in [6.07, 6.45) is 0. The minimum atomic E-state index is -0.639. The lowest BCUT2D eigenvalue weighted by Crippen LogP contribution is -2.60. The lowest BCUT2D eigenvalue weighted by Gasteiger charge is -2.40. The molecule has 0 bridgehead atoms. The van der Waals surface area contributed by atoms with Crippen molar-refractivity contribution in [2.24, 2.45) is 0 Å². The van der Waals surface area contributed by atoms with Crippen molar-refractivity contribution in [1.82, 2.24) is 10.3 Å². The number of hydrogen-bond acceptors (Lipinski definition) is 6. The van der Waals surface area contributed by atoms with Crippen LogP contribution < -0.4 is 10.7 Å². The highest BCUT2D eigenvalue weighted by atomic mass is 16.6. The number of hydrogen-bond donors (Lipinski definition) is 2. The molecule has 100 valence electrons. The number of piperazine rings is 1. The zero-order valence-electron chi connectivity index (χ0n) is 10.6. The molecule has 1 fully saturated rings. The second-order valence-corrected chi connectivity index (χ2v) is 4.63. The maximum absolute atomic E-state index is 10.6. The number of anilines is 1. The lowest BCUT2D eigenvalue weighted by molar-refractivity contribution is -0.384. The highest BCUT2D eigenvalue weighted by Gasteiger charge is 2.34. The summed E-state index contributed by atoms with van der Waals surface area (Å²) in [4.78, 5) is 10.1. The van der Waals surface area contributed by atoms with Crippen molar-refractivity contribution in [2.45, 2.75) is 12.5 Å². The SMILES string of the molecule is C[C@]1(C#N)CNCCN1Nc1ccc([N+](=O)[O-])cc1. The molecule has 0 aliphatic carbocycles. The molecule has 0 amide bonds. The van der Waals surface area contributed by atoms with Crippen molar-refractivity contribution in [1.29, 1.82) is 5.26 Å². The molecule has 0 saturated carbocycles. The van der Waals surface area contributed by atoms with Gasteiger partial charge in [0.05, 0.1) is 11.0 Å². The van der Waals surface area contributed by atoms with Gasteiger partial charge in [-0.2, -0.15) is 5.26 Å². The van der Waals surface area contributed by atoms with Crippen LogP contribution in [-0.2, 0) is 0 Å². The highest BCUT2D eigenvalue weighted by molar-refractivity contribution is 5.48. The second-order valence-electron chi connectivity index (χ2n) is 4.63. The van der Waals surface area contributed by atoms with E-state index in [4.69, 9.17) is 0 Å². The maximum atomic E-state index is 10.6. The number of nitrogens with zero attached hydrogens (tertiary/aromatic N) is 3. The van der Waals surface area contributed by atoms with Gasteiger partial charge in [-0.05, 0) is 19.1 Å². The fourth-order valence-corrected chi connectivity index (χ4v) is 1.96. The van der Waals surface area contributed by atoms with Gasteiger partial charge in [0.25, 0.3) is 5.69 Å². The smallest absolute Gasteiger partial charge is 0.269 e. The standard InChI is InChI=1S/C12H15N5O2/c1-12(8-13)9-14-6-7-16(12)15-10-2-4-11(5-3-10)17(18)19/h2-5,14-15H,6-7,9H2,1H3/t12-/m0/s1. The fraction of sp³-hybridized carbons (Fsp3) is 0.417. The van der Waals surface area contributed by atoms with Gasteiger partial charge in [0.15, 0.2) is 0 Å². The van der Waals surface area contributed by atoms with Crippen molar-refractivity contribution in [3.63, 3.8) is 0 Å². The van der Waals surface area contributed by atoms with Crippen LogP contribution in [0.3, 0.4) is 0 Å². The Morgan fingerprint density at radius 1 is 1.53 bits per heavy atom. The van der Waals surface area contributed by atoms with Crippen LogP contribution in [0.2, 0.25) is 0 Å². The Morgan fingerprint density at radius 3 is 2.79 bits per heavy atom. The first-order chi connectivity index (χ1) is 9.05. The zero-order valence-corrected chi connectivity index (χ0v) is 10.6. The Labute approximate surface area is 110 Å². The quantitative estimate of drug-likeness (QED) is 0.625. The van der Waals surface area contributed by atoms with Crippen LogP contribution in [0.4, 0.5) is 11.4 Å². The number of non-ortho nitro benzene ring substituents is 1. The Bertz CT molecular complexity index is 510. The van der Waals surface area contributed by atoms with Crippen LogP contribution in [0.5, 0.6) is 0 Å².